The molecule has 1 unspecified atom stereocenters. The van der Waals surface area contributed by atoms with E-state index in [1.807, 2.05) is 0 Å². The molecule has 1 saturated heterocycles. The number of aliphatic hydroxyl groups excluding tert-OH is 1. The molecule has 0 amide bonds. The standard InChI is InChI=1S/C14H20BrNO2/c15-13-3-1-12(2-4-13)9-16-10-14(5-7-17)6-8-18-11-14/h1-4,16-17H,5-11H2. The third-order valence-corrected chi connectivity index (χ3v) is 4.10. The molecule has 0 radical (unpaired) electrons. The van der Waals surface area contributed by atoms with Crippen LogP contribution in [0, 0.1) is 5.41 Å². The van der Waals surface area contributed by atoms with E-state index in [2.05, 4.69) is 45.5 Å². The molecule has 1 aromatic carbocycles. The van der Waals surface area contributed by atoms with Gasteiger partial charge in [0.15, 0.2) is 0 Å². The van der Waals surface area contributed by atoms with Gasteiger partial charge < -0.3 is 15.2 Å². The molecule has 3 nitrogen and oxygen atoms in total. The summed E-state index contributed by atoms with van der Waals surface area (Å²) in [6, 6.07) is 8.33. The van der Waals surface area contributed by atoms with E-state index in [4.69, 9.17) is 9.84 Å². The van der Waals surface area contributed by atoms with Crippen molar-refractivity contribution in [2.24, 2.45) is 5.41 Å². The molecule has 0 spiro atoms. The van der Waals surface area contributed by atoms with Gasteiger partial charge in [-0.15, -0.1) is 0 Å². The summed E-state index contributed by atoms with van der Waals surface area (Å²) in [5.41, 5.74) is 1.40. The monoisotopic (exact) mass is 313 g/mol. The smallest absolute Gasteiger partial charge is 0.0536 e. The number of hydrogen-bond acceptors (Lipinski definition) is 3. The third kappa shape index (κ3) is 3.79. The molecule has 2 rings (SSSR count). The number of hydrogen-bond donors (Lipinski definition) is 2. The molecule has 1 aliphatic rings. The first kappa shape index (κ1) is 14.0. The Morgan fingerprint density at radius 2 is 2.11 bits per heavy atom. The van der Waals surface area contributed by atoms with Crippen molar-refractivity contribution < 1.29 is 9.84 Å². The van der Waals surface area contributed by atoms with E-state index in [0.29, 0.717) is 0 Å². The summed E-state index contributed by atoms with van der Waals surface area (Å²) in [6.45, 7) is 3.59. The van der Waals surface area contributed by atoms with Gasteiger partial charge in [-0.2, -0.15) is 0 Å². The van der Waals surface area contributed by atoms with E-state index >= 15 is 0 Å². The second-order valence-electron chi connectivity index (χ2n) is 5.01. The lowest BCUT2D eigenvalue weighted by atomic mass is 9.84. The predicted octanol–water partition coefficient (Wildman–Crippen LogP) is 2.33. The first-order valence-corrected chi connectivity index (χ1v) is 7.17. The number of halogens is 1. The highest BCUT2D eigenvalue weighted by Crippen LogP contribution is 2.31. The topological polar surface area (TPSA) is 41.5 Å². The average Bonchev–Trinajstić information content (AvgIpc) is 2.81. The van der Waals surface area contributed by atoms with Crippen molar-refractivity contribution >= 4 is 15.9 Å². The van der Waals surface area contributed by atoms with Gasteiger partial charge in [-0.25, -0.2) is 0 Å². The van der Waals surface area contributed by atoms with Gasteiger partial charge in [-0.05, 0) is 30.5 Å². The van der Waals surface area contributed by atoms with E-state index in [0.717, 1.165) is 43.6 Å². The maximum absolute atomic E-state index is 9.15. The number of nitrogens with one attached hydrogen (secondary N) is 1. The average molecular weight is 314 g/mol. The Morgan fingerprint density at radius 3 is 2.72 bits per heavy atom. The minimum absolute atomic E-state index is 0.129. The minimum Gasteiger partial charge on any atom is -0.396 e. The molecule has 0 bridgehead atoms. The predicted molar refractivity (Wildman–Crippen MR) is 75.4 cm³/mol. The Kier molecular flexibility index (Phi) is 5.18. The van der Waals surface area contributed by atoms with E-state index in [1.165, 1.54) is 5.56 Å². The lowest BCUT2D eigenvalue weighted by Crippen LogP contribution is -2.35. The van der Waals surface area contributed by atoms with Crippen LogP contribution in [0.2, 0.25) is 0 Å². The summed E-state index contributed by atoms with van der Waals surface area (Å²) < 4.78 is 6.58. The number of aliphatic hydroxyl groups is 1. The molecule has 100 valence electrons. The van der Waals surface area contributed by atoms with Crippen molar-refractivity contribution in [3.63, 3.8) is 0 Å². The summed E-state index contributed by atoms with van der Waals surface area (Å²) in [4.78, 5) is 0. The maximum Gasteiger partial charge on any atom is 0.0536 e. The molecule has 1 atom stereocenters. The van der Waals surface area contributed by atoms with Crippen molar-refractivity contribution in [3.8, 4) is 0 Å². The summed E-state index contributed by atoms with van der Waals surface area (Å²) in [7, 11) is 0. The SMILES string of the molecule is OCCC1(CNCc2ccc(Br)cc2)CCOC1. The highest BCUT2D eigenvalue weighted by atomic mass is 79.9. The van der Waals surface area contributed by atoms with Gasteiger partial charge in [0.1, 0.15) is 0 Å². The van der Waals surface area contributed by atoms with Gasteiger partial charge in [0.05, 0.1) is 6.61 Å². The van der Waals surface area contributed by atoms with Crippen LogP contribution in [0.3, 0.4) is 0 Å². The van der Waals surface area contributed by atoms with E-state index in [9.17, 15) is 0 Å². The summed E-state index contributed by atoms with van der Waals surface area (Å²) in [6.07, 6.45) is 1.86. The van der Waals surface area contributed by atoms with Crippen LogP contribution < -0.4 is 5.32 Å². The van der Waals surface area contributed by atoms with Crippen LogP contribution in [-0.2, 0) is 11.3 Å². The molecular weight excluding hydrogens is 294 g/mol. The second kappa shape index (κ2) is 6.66. The Labute approximate surface area is 117 Å². The van der Waals surface area contributed by atoms with Crippen LogP contribution in [0.5, 0.6) is 0 Å². The molecule has 0 aromatic heterocycles. The van der Waals surface area contributed by atoms with Crippen molar-refractivity contribution in [1.29, 1.82) is 0 Å². The summed E-state index contributed by atoms with van der Waals surface area (Å²) in [5, 5.41) is 12.6. The number of rotatable bonds is 6. The van der Waals surface area contributed by atoms with Gasteiger partial charge in [0.25, 0.3) is 0 Å². The van der Waals surface area contributed by atoms with E-state index in [1.54, 1.807) is 0 Å². The van der Waals surface area contributed by atoms with Gasteiger partial charge in [-0.3, -0.25) is 0 Å². The Balaban J connectivity index is 1.81. The highest BCUT2D eigenvalue weighted by molar-refractivity contribution is 9.10. The molecule has 1 heterocycles. The molecule has 0 saturated carbocycles. The van der Waals surface area contributed by atoms with Gasteiger partial charge in [0, 0.05) is 36.2 Å². The molecule has 1 aromatic rings. The van der Waals surface area contributed by atoms with Crippen molar-refractivity contribution in [1.82, 2.24) is 5.32 Å². The van der Waals surface area contributed by atoms with Gasteiger partial charge >= 0.3 is 0 Å². The maximum atomic E-state index is 9.15. The molecule has 2 N–H and O–H groups in total. The fraction of sp³-hybridized carbons (Fsp3) is 0.571. The first-order valence-electron chi connectivity index (χ1n) is 6.38. The number of ether oxygens (including phenoxy) is 1. The molecule has 4 heteroatoms. The normalized spacial score (nSPS) is 23.4. The van der Waals surface area contributed by atoms with Crippen molar-refractivity contribution in [2.45, 2.75) is 19.4 Å². The largest absolute Gasteiger partial charge is 0.396 e. The van der Waals surface area contributed by atoms with Crippen LogP contribution in [-0.4, -0.2) is 31.5 Å². The fourth-order valence-electron chi connectivity index (χ4n) is 2.39. The van der Waals surface area contributed by atoms with Crippen LogP contribution >= 0.6 is 15.9 Å². The zero-order valence-electron chi connectivity index (χ0n) is 10.5. The Bertz CT molecular complexity index is 361. The van der Waals surface area contributed by atoms with Crippen molar-refractivity contribution in [3.05, 3.63) is 34.3 Å². The molecule has 18 heavy (non-hydrogen) atoms. The van der Waals surface area contributed by atoms with Crippen LogP contribution in [0.4, 0.5) is 0 Å². The summed E-state index contributed by atoms with van der Waals surface area (Å²) in [5.74, 6) is 0. The van der Waals surface area contributed by atoms with Gasteiger partial charge in [-0.1, -0.05) is 28.1 Å². The zero-order chi connectivity index (χ0) is 12.8. The number of benzene rings is 1. The lowest BCUT2D eigenvalue weighted by molar-refractivity contribution is 0.124. The summed E-state index contributed by atoms with van der Waals surface area (Å²) >= 11 is 3.43. The fourth-order valence-corrected chi connectivity index (χ4v) is 2.65. The van der Waals surface area contributed by atoms with Gasteiger partial charge in [0.2, 0.25) is 0 Å². The van der Waals surface area contributed by atoms with Crippen molar-refractivity contribution in [2.75, 3.05) is 26.4 Å². The van der Waals surface area contributed by atoms with Crippen LogP contribution in [0.15, 0.2) is 28.7 Å². The molecule has 1 aliphatic heterocycles. The second-order valence-corrected chi connectivity index (χ2v) is 5.92. The molecular formula is C14H20BrNO2. The third-order valence-electron chi connectivity index (χ3n) is 3.57. The quantitative estimate of drug-likeness (QED) is 0.847. The first-order chi connectivity index (χ1) is 8.74. The van der Waals surface area contributed by atoms with Crippen LogP contribution in [0.1, 0.15) is 18.4 Å². The minimum atomic E-state index is 0.129. The zero-order valence-corrected chi connectivity index (χ0v) is 12.1. The van der Waals surface area contributed by atoms with Crippen LogP contribution in [0.25, 0.3) is 0 Å². The lowest BCUT2D eigenvalue weighted by Gasteiger charge is -2.26. The Hall–Kier alpha value is -0.420. The molecule has 0 aliphatic carbocycles. The van der Waals surface area contributed by atoms with E-state index in [-0.39, 0.29) is 12.0 Å². The highest BCUT2D eigenvalue weighted by Gasteiger charge is 2.33. The Morgan fingerprint density at radius 1 is 1.33 bits per heavy atom. The molecule has 1 fully saturated rings. The van der Waals surface area contributed by atoms with E-state index < -0.39 is 0 Å².